The molecule has 1 heterocycles. The summed E-state index contributed by atoms with van der Waals surface area (Å²) in [5.41, 5.74) is 1.58. The number of methoxy groups -OCH3 is 3. The molecule has 3 aromatic carbocycles. The number of nitrogens with zero attached hydrogens (tertiary/aromatic N) is 1. The number of carbonyl (C=O) groups excluding carboxylic acids is 2. The summed E-state index contributed by atoms with van der Waals surface area (Å²) in [5, 5.41) is 12.0. The van der Waals surface area contributed by atoms with Crippen molar-refractivity contribution in [1.29, 1.82) is 0 Å². The van der Waals surface area contributed by atoms with Crippen LogP contribution in [0.2, 0.25) is 15.1 Å². The topological polar surface area (TPSA) is 85.3 Å². The fourth-order valence-corrected chi connectivity index (χ4v) is 5.09. The highest BCUT2D eigenvalue weighted by molar-refractivity contribution is 6.52. The van der Waals surface area contributed by atoms with E-state index in [0.29, 0.717) is 22.0 Å². The molecule has 1 fully saturated rings. The van der Waals surface area contributed by atoms with Gasteiger partial charge in [-0.3, -0.25) is 14.5 Å². The largest absolute Gasteiger partial charge is 0.507 e. The zero-order valence-corrected chi connectivity index (χ0v) is 22.5. The van der Waals surface area contributed by atoms with Crippen LogP contribution in [0.4, 0.5) is 5.69 Å². The molecule has 7 nitrogen and oxygen atoms in total. The molecule has 1 unspecified atom stereocenters. The van der Waals surface area contributed by atoms with Crippen LogP contribution in [0.15, 0.2) is 54.1 Å². The van der Waals surface area contributed by atoms with E-state index in [1.54, 1.807) is 42.5 Å². The van der Waals surface area contributed by atoms with Crippen LogP contribution < -0.4 is 19.1 Å². The van der Waals surface area contributed by atoms with Crippen molar-refractivity contribution >= 4 is 57.9 Å². The van der Waals surface area contributed by atoms with Crippen LogP contribution in [0, 0.1) is 6.92 Å². The van der Waals surface area contributed by atoms with Crippen molar-refractivity contribution in [3.8, 4) is 17.2 Å². The molecule has 1 N–H and O–H groups in total. The first-order valence-electron chi connectivity index (χ1n) is 11.0. The average Bonchev–Trinajstić information content (AvgIpc) is 3.15. The van der Waals surface area contributed by atoms with E-state index >= 15 is 0 Å². The van der Waals surface area contributed by atoms with Gasteiger partial charge in [0.1, 0.15) is 16.5 Å². The van der Waals surface area contributed by atoms with Crippen LogP contribution in [0.25, 0.3) is 5.76 Å². The minimum Gasteiger partial charge on any atom is -0.507 e. The van der Waals surface area contributed by atoms with Crippen molar-refractivity contribution in [3.05, 3.63) is 85.9 Å². The lowest BCUT2D eigenvalue weighted by molar-refractivity contribution is -0.132. The third-order valence-electron chi connectivity index (χ3n) is 6.10. The molecule has 10 heteroatoms. The zero-order valence-electron chi connectivity index (χ0n) is 20.3. The third kappa shape index (κ3) is 4.59. The smallest absolute Gasteiger partial charge is 0.300 e. The van der Waals surface area contributed by atoms with Gasteiger partial charge in [-0.05, 0) is 48.4 Å². The molecule has 37 heavy (non-hydrogen) atoms. The van der Waals surface area contributed by atoms with E-state index in [4.69, 9.17) is 49.0 Å². The summed E-state index contributed by atoms with van der Waals surface area (Å²) in [7, 11) is 4.26. The van der Waals surface area contributed by atoms with Crippen LogP contribution in [0.3, 0.4) is 0 Å². The van der Waals surface area contributed by atoms with Crippen LogP contribution in [0.1, 0.15) is 22.7 Å². The molecule has 0 bridgehead atoms. The molecule has 192 valence electrons. The van der Waals surface area contributed by atoms with Crippen molar-refractivity contribution < 1.29 is 28.9 Å². The summed E-state index contributed by atoms with van der Waals surface area (Å²) >= 11 is 19.1. The Balaban J connectivity index is 2.01. The Morgan fingerprint density at radius 3 is 2.08 bits per heavy atom. The summed E-state index contributed by atoms with van der Waals surface area (Å²) in [6.07, 6.45) is 0. The number of halogens is 3. The van der Waals surface area contributed by atoms with Gasteiger partial charge in [0.15, 0.2) is 11.5 Å². The van der Waals surface area contributed by atoms with Crippen molar-refractivity contribution in [3.63, 3.8) is 0 Å². The highest BCUT2D eigenvalue weighted by Gasteiger charge is 2.47. The van der Waals surface area contributed by atoms with Gasteiger partial charge in [-0.15, -0.1) is 0 Å². The first-order chi connectivity index (χ1) is 17.6. The summed E-state index contributed by atoms with van der Waals surface area (Å²) in [4.78, 5) is 28.2. The van der Waals surface area contributed by atoms with Gasteiger partial charge in [0.05, 0.1) is 43.5 Å². The summed E-state index contributed by atoms with van der Waals surface area (Å²) in [6.45, 7) is 1.82. The number of aryl methyl sites for hydroxylation is 1. The quantitative estimate of drug-likeness (QED) is 0.207. The first kappa shape index (κ1) is 26.7. The number of ketones is 1. The second-order valence-corrected chi connectivity index (χ2v) is 9.35. The number of anilines is 1. The number of aliphatic hydroxyl groups is 1. The normalized spacial score (nSPS) is 16.7. The van der Waals surface area contributed by atoms with Crippen LogP contribution in [0.5, 0.6) is 17.2 Å². The van der Waals surface area contributed by atoms with Crippen molar-refractivity contribution in [2.24, 2.45) is 0 Å². The lowest BCUT2D eigenvalue weighted by Gasteiger charge is -2.26. The minimum atomic E-state index is -1.01. The molecule has 3 aromatic rings. The predicted octanol–water partition coefficient (Wildman–Crippen LogP) is 6.61. The maximum Gasteiger partial charge on any atom is 0.300 e. The number of hydrogen-bond donors (Lipinski definition) is 1. The number of aliphatic hydroxyl groups excluding tert-OH is 1. The second kappa shape index (κ2) is 10.5. The van der Waals surface area contributed by atoms with Gasteiger partial charge >= 0.3 is 0 Å². The SMILES string of the molecule is COc1ccc(C2/C(=C(\O)c3cc(Cl)c(OC)c(Cl)c3OC)C(=O)C(=O)N2c2ccc(C)c(Cl)c2)cc1. The monoisotopic (exact) mass is 561 g/mol. The molecule has 1 atom stereocenters. The molecule has 0 saturated carbocycles. The Morgan fingerprint density at radius 1 is 0.865 bits per heavy atom. The zero-order chi connectivity index (χ0) is 27.0. The molecule has 0 spiro atoms. The Kier molecular flexibility index (Phi) is 7.59. The van der Waals surface area contributed by atoms with Crippen LogP contribution >= 0.6 is 34.8 Å². The van der Waals surface area contributed by atoms with Gasteiger partial charge in [0.2, 0.25) is 0 Å². The van der Waals surface area contributed by atoms with Gasteiger partial charge in [-0.2, -0.15) is 0 Å². The van der Waals surface area contributed by atoms with Gasteiger partial charge in [0.25, 0.3) is 11.7 Å². The van der Waals surface area contributed by atoms with Crippen molar-refractivity contribution in [1.82, 2.24) is 0 Å². The molecule has 1 amide bonds. The summed E-state index contributed by atoms with van der Waals surface area (Å²) < 4.78 is 15.9. The number of rotatable bonds is 6. The number of carbonyl (C=O) groups is 2. The molecule has 0 radical (unpaired) electrons. The number of amides is 1. The number of hydrogen-bond acceptors (Lipinski definition) is 6. The lowest BCUT2D eigenvalue weighted by Crippen LogP contribution is -2.29. The number of ether oxygens (including phenoxy) is 3. The highest BCUT2D eigenvalue weighted by Crippen LogP contribution is 2.48. The van der Waals surface area contributed by atoms with E-state index in [-0.39, 0.29) is 32.7 Å². The van der Waals surface area contributed by atoms with Crippen molar-refractivity contribution in [2.75, 3.05) is 26.2 Å². The average molecular weight is 563 g/mol. The fourth-order valence-electron chi connectivity index (χ4n) is 4.22. The Bertz CT molecular complexity index is 1440. The van der Waals surface area contributed by atoms with Gasteiger partial charge in [-0.25, -0.2) is 0 Å². The van der Waals surface area contributed by atoms with E-state index < -0.39 is 23.5 Å². The van der Waals surface area contributed by atoms with E-state index in [1.807, 2.05) is 6.92 Å². The van der Waals surface area contributed by atoms with Gasteiger partial charge in [0, 0.05) is 10.7 Å². The Labute approximate surface area is 228 Å². The standard InChI is InChI=1S/C27H22Cl3NO6/c1-13-5-8-15(11-18(13)28)31-22(14-6-9-16(35-2)10-7-14)20(24(33)27(31)34)23(32)17-12-19(29)26(37-4)21(30)25(17)36-3/h5-12,22,32H,1-4H3/b23-20+. The van der Waals surface area contributed by atoms with Crippen LogP contribution in [-0.2, 0) is 9.59 Å². The summed E-state index contributed by atoms with van der Waals surface area (Å²) in [6, 6.07) is 12.2. The number of Topliss-reactive ketones (excluding diaryl/α,β-unsaturated/α-hetero) is 1. The Morgan fingerprint density at radius 2 is 1.51 bits per heavy atom. The van der Waals surface area contributed by atoms with Crippen molar-refractivity contribution in [2.45, 2.75) is 13.0 Å². The van der Waals surface area contributed by atoms with Gasteiger partial charge < -0.3 is 19.3 Å². The van der Waals surface area contributed by atoms with E-state index in [9.17, 15) is 14.7 Å². The third-order valence-corrected chi connectivity index (χ3v) is 7.14. The predicted molar refractivity (Wildman–Crippen MR) is 144 cm³/mol. The van der Waals surface area contributed by atoms with E-state index in [0.717, 1.165) is 5.56 Å². The second-order valence-electron chi connectivity index (χ2n) is 8.16. The first-order valence-corrected chi connectivity index (χ1v) is 12.1. The molecule has 1 saturated heterocycles. The molecular weight excluding hydrogens is 541 g/mol. The highest BCUT2D eigenvalue weighted by atomic mass is 35.5. The van der Waals surface area contributed by atoms with E-state index in [2.05, 4.69) is 0 Å². The molecule has 1 aliphatic heterocycles. The Hall–Kier alpha value is -3.39. The van der Waals surface area contributed by atoms with Gasteiger partial charge in [-0.1, -0.05) is 53.0 Å². The maximum atomic E-state index is 13.5. The summed E-state index contributed by atoms with van der Waals surface area (Å²) in [5.74, 6) is -1.51. The number of benzene rings is 3. The minimum absolute atomic E-state index is 0.000377. The van der Waals surface area contributed by atoms with E-state index in [1.165, 1.54) is 32.3 Å². The molecule has 4 rings (SSSR count). The maximum absolute atomic E-state index is 13.5. The molecule has 0 aromatic heterocycles. The molecular formula is C27H22Cl3NO6. The molecule has 0 aliphatic carbocycles. The lowest BCUT2D eigenvalue weighted by atomic mass is 9.94. The van der Waals surface area contributed by atoms with Crippen LogP contribution in [-0.4, -0.2) is 38.1 Å². The fraction of sp³-hybridized carbons (Fsp3) is 0.185. The molecule has 1 aliphatic rings.